The summed E-state index contributed by atoms with van der Waals surface area (Å²) in [5.41, 5.74) is 6.09. The molecule has 0 heterocycles. The average molecular weight is 354 g/mol. The van der Waals surface area contributed by atoms with Crippen LogP contribution in [0.25, 0.3) is 0 Å². The highest BCUT2D eigenvalue weighted by molar-refractivity contribution is 6.42. The lowest BCUT2D eigenvalue weighted by Gasteiger charge is -2.35. The van der Waals surface area contributed by atoms with Crippen LogP contribution in [0.4, 0.5) is 0 Å². The highest BCUT2D eigenvalue weighted by Gasteiger charge is 2.31. The number of benzene rings is 1. The molecule has 1 amide bonds. The van der Waals surface area contributed by atoms with E-state index in [1.807, 2.05) is 32.9 Å². The van der Waals surface area contributed by atoms with Crippen LogP contribution in [0.15, 0.2) is 18.2 Å². The van der Waals surface area contributed by atoms with Crippen LogP contribution in [0, 0.1) is 5.92 Å². The fourth-order valence-electron chi connectivity index (χ4n) is 2.17. The van der Waals surface area contributed by atoms with Gasteiger partial charge in [0.05, 0.1) is 15.6 Å². The summed E-state index contributed by atoms with van der Waals surface area (Å²) in [5.74, 6) is -0.252. The van der Waals surface area contributed by atoms with Gasteiger partial charge >= 0.3 is 0 Å². The molecule has 3 nitrogen and oxygen atoms in total. The van der Waals surface area contributed by atoms with E-state index >= 15 is 0 Å². The van der Waals surface area contributed by atoms with E-state index < -0.39 is 5.54 Å². The highest BCUT2D eigenvalue weighted by atomic mass is 35.5. The molecule has 0 aliphatic heterocycles. The smallest absolute Gasteiger partial charge is 0.224 e. The fraction of sp³-hybridized carbons (Fsp3) is 0.533. The number of rotatable bonds is 6. The molecular formula is C15H23Cl3N2O. The Hall–Kier alpha value is -0.480. The molecule has 0 spiro atoms. The minimum Gasteiger partial charge on any atom is -0.346 e. The molecule has 0 saturated heterocycles. The summed E-state index contributed by atoms with van der Waals surface area (Å²) >= 11 is 12.1. The van der Waals surface area contributed by atoms with Crippen molar-refractivity contribution in [2.24, 2.45) is 11.7 Å². The van der Waals surface area contributed by atoms with Crippen molar-refractivity contribution in [1.29, 1.82) is 0 Å². The SMILES string of the molecule is CCC(CC)(NC(=O)C(C)CN)c1ccc(Cl)c(Cl)c1.Cl. The van der Waals surface area contributed by atoms with Gasteiger partial charge in [-0.15, -0.1) is 12.4 Å². The molecule has 120 valence electrons. The van der Waals surface area contributed by atoms with Crippen molar-refractivity contribution in [1.82, 2.24) is 5.32 Å². The first-order valence-corrected chi connectivity index (χ1v) is 7.63. The molecule has 0 aliphatic rings. The third-order valence-electron chi connectivity index (χ3n) is 3.84. The van der Waals surface area contributed by atoms with Crippen LogP contribution in [-0.2, 0) is 10.3 Å². The zero-order valence-electron chi connectivity index (χ0n) is 12.6. The van der Waals surface area contributed by atoms with Crippen molar-refractivity contribution in [3.8, 4) is 0 Å². The van der Waals surface area contributed by atoms with Crippen molar-refractivity contribution >= 4 is 41.5 Å². The molecule has 1 aromatic carbocycles. The van der Waals surface area contributed by atoms with Gasteiger partial charge in [0.25, 0.3) is 0 Å². The number of carbonyl (C=O) groups excluding carboxylic acids is 1. The molecule has 0 aliphatic carbocycles. The summed E-state index contributed by atoms with van der Waals surface area (Å²) in [6.45, 7) is 6.23. The van der Waals surface area contributed by atoms with Gasteiger partial charge in [0.2, 0.25) is 5.91 Å². The van der Waals surface area contributed by atoms with Gasteiger partial charge in [-0.05, 0) is 30.5 Å². The van der Waals surface area contributed by atoms with Gasteiger partial charge in [-0.3, -0.25) is 4.79 Å². The maximum Gasteiger partial charge on any atom is 0.224 e. The Morgan fingerprint density at radius 3 is 2.29 bits per heavy atom. The fourth-order valence-corrected chi connectivity index (χ4v) is 2.47. The number of nitrogens with one attached hydrogen (secondary N) is 1. The van der Waals surface area contributed by atoms with E-state index in [0.29, 0.717) is 16.6 Å². The Balaban J connectivity index is 0.00000400. The van der Waals surface area contributed by atoms with Gasteiger partial charge in [-0.25, -0.2) is 0 Å². The molecule has 0 bridgehead atoms. The molecule has 3 N–H and O–H groups in total. The average Bonchev–Trinajstić information content (AvgIpc) is 2.46. The second-order valence-corrected chi connectivity index (χ2v) is 5.86. The largest absolute Gasteiger partial charge is 0.346 e. The molecule has 21 heavy (non-hydrogen) atoms. The van der Waals surface area contributed by atoms with Crippen LogP contribution >= 0.6 is 35.6 Å². The molecule has 0 aromatic heterocycles. The first-order chi connectivity index (χ1) is 9.40. The Morgan fingerprint density at radius 1 is 1.29 bits per heavy atom. The van der Waals surface area contributed by atoms with Crippen molar-refractivity contribution in [3.05, 3.63) is 33.8 Å². The second-order valence-electron chi connectivity index (χ2n) is 5.04. The first kappa shape index (κ1) is 20.5. The maximum absolute atomic E-state index is 12.2. The third-order valence-corrected chi connectivity index (χ3v) is 4.58. The van der Waals surface area contributed by atoms with Crippen LogP contribution in [0.5, 0.6) is 0 Å². The van der Waals surface area contributed by atoms with Gasteiger partial charge in [0.15, 0.2) is 0 Å². The van der Waals surface area contributed by atoms with Crippen molar-refractivity contribution in [3.63, 3.8) is 0 Å². The molecule has 1 rings (SSSR count). The number of nitrogens with two attached hydrogens (primary N) is 1. The van der Waals surface area contributed by atoms with Crippen molar-refractivity contribution in [2.75, 3.05) is 6.54 Å². The standard InChI is InChI=1S/C15H22Cl2N2O.ClH/c1-4-15(5-2,19-14(20)10(3)9-18)11-6-7-12(16)13(17)8-11;/h6-8,10H,4-5,9,18H2,1-3H3,(H,19,20);1H. The van der Waals surface area contributed by atoms with E-state index in [2.05, 4.69) is 5.32 Å². The molecule has 1 unspecified atom stereocenters. The summed E-state index contributed by atoms with van der Waals surface area (Å²) in [7, 11) is 0. The molecule has 1 aromatic rings. The predicted octanol–water partition coefficient (Wildman–Crippen LogP) is 4.14. The third kappa shape index (κ3) is 4.75. The normalized spacial score (nSPS) is 12.5. The quantitative estimate of drug-likeness (QED) is 0.807. The topological polar surface area (TPSA) is 55.1 Å². The van der Waals surface area contributed by atoms with Gasteiger partial charge < -0.3 is 11.1 Å². The van der Waals surface area contributed by atoms with Crippen LogP contribution in [0.1, 0.15) is 39.2 Å². The maximum atomic E-state index is 12.2. The Kier molecular flexibility index (Phi) is 8.64. The second kappa shape index (κ2) is 8.84. The Morgan fingerprint density at radius 2 is 1.86 bits per heavy atom. The van der Waals surface area contributed by atoms with Crippen LogP contribution in [0.3, 0.4) is 0 Å². The molecule has 0 saturated carbocycles. The van der Waals surface area contributed by atoms with E-state index in [9.17, 15) is 4.79 Å². The number of amides is 1. The Bertz CT molecular complexity index is 476. The van der Waals surface area contributed by atoms with Gasteiger partial charge in [0.1, 0.15) is 0 Å². The summed E-state index contributed by atoms with van der Waals surface area (Å²) in [6.07, 6.45) is 1.54. The van der Waals surface area contributed by atoms with Gasteiger partial charge in [0, 0.05) is 12.5 Å². The molecule has 0 radical (unpaired) electrons. The molecule has 0 fully saturated rings. The van der Waals surface area contributed by atoms with Gasteiger partial charge in [-0.2, -0.15) is 0 Å². The van der Waals surface area contributed by atoms with E-state index in [-0.39, 0.29) is 24.2 Å². The first-order valence-electron chi connectivity index (χ1n) is 6.87. The minimum absolute atomic E-state index is 0. The minimum atomic E-state index is -0.436. The predicted molar refractivity (Wildman–Crippen MR) is 92.3 cm³/mol. The number of hydrogen-bond donors (Lipinski definition) is 2. The molecule has 1 atom stereocenters. The van der Waals surface area contributed by atoms with Crippen LogP contribution < -0.4 is 11.1 Å². The zero-order valence-corrected chi connectivity index (χ0v) is 14.9. The lowest BCUT2D eigenvalue weighted by atomic mass is 9.84. The highest BCUT2D eigenvalue weighted by Crippen LogP contribution is 2.33. The van der Waals surface area contributed by atoms with Gasteiger partial charge in [-0.1, -0.05) is 50.0 Å². The zero-order chi connectivity index (χ0) is 15.3. The summed E-state index contributed by atoms with van der Waals surface area (Å²) in [5, 5.41) is 4.13. The monoisotopic (exact) mass is 352 g/mol. The molecule has 6 heteroatoms. The van der Waals surface area contributed by atoms with Crippen molar-refractivity contribution in [2.45, 2.75) is 39.2 Å². The Labute approximate surface area is 143 Å². The van der Waals surface area contributed by atoms with E-state index in [1.165, 1.54) is 0 Å². The summed E-state index contributed by atoms with van der Waals surface area (Å²) in [6, 6.07) is 5.50. The summed E-state index contributed by atoms with van der Waals surface area (Å²) < 4.78 is 0. The van der Waals surface area contributed by atoms with E-state index in [0.717, 1.165) is 18.4 Å². The van der Waals surface area contributed by atoms with E-state index in [1.54, 1.807) is 6.07 Å². The molecular weight excluding hydrogens is 331 g/mol. The van der Waals surface area contributed by atoms with Crippen LogP contribution in [0.2, 0.25) is 10.0 Å². The lowest BCUT2D eigenvalue weighted by molar-refractivity contribution is -0.126. The van der Waals surface area contributed by atoms with E-state index in [4.69, 9.17) is 28.9 Å². The number of carbonyl (C=O) groups is 1. The number of hydrogen-bond acceptors (Lipinski definition) is 2. The summed E-state index contributed by atoms with van der Waals surface area (Å²) in [4.78, 5) is 12.2. The lowest BCUT2D eigenvalue weighted by Crippen LogP contribution is -2.48. The number of halogens is 3. The van der Waals surface area contributed by atoms with Crippen molar-refractivity contribution < 1.29 is 4.79 Å². The van der Waals surface area contributed by atoms with Crippen LogP contribution in [-0.4, -0.2) is 12.5 Å².